The van der Waals surface area contributed by atoms with Crippen molar-refractivity contribution < 1.29 is 22.4 Å². The molecule has 1 aliphatic carbocycles. The van der Waals surface area contributed by atoms with Crippen molar-refractivity contribution in [2.45, 2.75) is 70.0 Å². The Hall–Kier alpha value is -3.43. The largest absolute Gasteiger partial charge is 0.352 e. The Morgan fingerprint density at radius 2 is 1.63 bits per heavy atom. The lowest BCUT2D eigenvalue weighted by Crippen LogP contribution is -2.52. The van der Waals surface area contributed by atoms with Gasteiger partial charge in [-0.25, -0.2) is 12.8 Å². The Kier molecular flexibility index (Phi) is 9.71. The topological polar surface area (TPSA) is 86.8 Å². The normalized spacial score (nSPS) is 14.5. The van der Waals surface area contributed by atoms with E-state index in [1.54, 1.807) is 56.3 Å². The number of anilines is 1. The lowest BCUT2D eigenvalue weighted by atomic mass is 10.1. The van der Waals surface area contributed by atoms with E-state index < -0.39 is 34.3 Å². The lowest BCUT2D eigenvalue weighted by Gasteiger charge is -2.33. The third kappa shape index (κ3) is 7.26. The molecule has 2 amide bonds. The number of aryl methyl sites for hydroxylation is 1. The second-order valence-electron chi connectivity index (χ2n) is 10.5. The van der Waals surface area contributed by atoms with E-state index in [9.17, 15) is 22.4 Å². The number of amides is 2. The van der Waals surface area contributed by atoms with E-state index in [1.165, 1.54) is 29.2 Å². The highest BCUT2D eigenvalue weighted by molar-refractivity contribution is 7.92. The molecule has 218 valence electrons. The van der Waals surface area contributed by atoms with Crippen LogP contribution >= 0.6 is 11.6 Å². The van der Waals surface area contributed by atoms with Crippen LogP contribution in [0.4, 0.5) is 10.1 Å². The summed E-state index contributed by atoms with van der Waals surface area (Å²) in [5, 5.41) is 3.38. The molecule has 3 aromatic carbocycles. The van der Waals surface area contributed by atoms with Crippen molar-refractivity contribution in [3.63, 3.8) is 0 Å². The molecule has 1 atom stereocenters. The molecule has 1 saturated carbocycles. The van der Waals surface area contributed by atoms with Gasteiger partial charge in [-0.3, -0.25) is 13.9 Å². The molecule has 0 bridgehead atoms. The molecule has 0 aliphatic heterocycles. The first-order valence-electron chi connectivity index (χ1n) is 13.7. The number of sulfonamides is 1. The zero-order chi connectivity index (χ0) is 29.7. The molecule has 4 rings (SSSR count). The summed E-state index contributed by atoms with van der Waals surface area (Å²) in [7, 11) is -4.20. The number of nitrogens with one attached hydrogen (secondary N) is 1. The van der Waals surface area contributed by atoms with Gasteiger partial charge in [-0.05, 0) is 81.1 Å². The second kappa shape index (κ2) is 13.0. The number of carbonyl (C=O) groups is 2. The summed E-state index contributed by atoms with van der Waals surface area (Å²) in [5.74, 6) is -1.33. The quantitative estimate of drug-likeness (QED) is 0.321. The van der Waals surface area contributed by atoms with Crippen LogP contribution in [-0.2, 0) is 26.2 Å². The van der Waals surface area contributed by atoms with Crippen LogP contribution < -0.4 is 9.62 Å². The van der Waals surface area contributed by atoms with Crippen molar-refractivity contribution in [3.05, 3.63) is 94.3 Å². The fraction of sp³-hybridized carbons (Fsp3) is 0.355. The van der Waals surface area contributed by atoms with E-state index in [0.717, 1.165) is 35.6 Å². The van der Waals surface area contributed by atoms with Gasteiger partial charge in [-0.1, -0.05) is 60.3 Å². The van der Waals surface area contributed by atoms with Gasteiger partial charge in [-0.2, -0.15) is 0 Å². The minimum absolute atomic E-state index is 0.00862. The van der Waals surface area contributed by atoms with Crippen molar-refractivity contribution in [1.82, 2.24) is 10.2 Å². The van der Waals surface area contributed by atoms with E-state index in [1.807, 2.05) is 6.92 Å². The molecule has 0 radical (unpaired) electrons. The van der Waals surface area contributed by atoms with E-state index in [0.29, 0.717) is 16.1 Å². The van der Waals surface area contributed by atoms with Crippen LogP contribution in [0.2, 0.25) is 5.02 Å². The van der Waals surface area contributed by atoms with Crippen molar-refractivity contribution in [2.75, 3.05) is 10.8 Å². The lowest BCUT2D eigenvalue weighted by molar-refractivity contribution is -0.139. The fourth-order valence-corrected chi connectivity index (χ4v) is 6.62. The SMILES string of the molecule is Cc1ccc(S(=O)(=O)N(CC(=O)N(Cc2ccc(F)cc2)[C@@H](C)C(=O)NC2CCCC2)c2cccc(Cl)c2C)cc1. The highest BCUT2D eigenvalue weighted by Crippen LogP contribution is 2.31. The van der Waals surface area contributed by atoms with Crippen LogP contribution in [-0.4, -0.2) is 43.8 Å². The molecule has 7 nitrogen and oxygen atoms in total. The third-order valence-corrected chi connectivity index (χ3v) is 9.71. The van der Waals surface area contributed by atoms with Crippen LogP contribution in [0.25, 0.3) is 0 Å². The summed E-state index contributed by atoms with van der Waals surface area (Å²) in [6.07, 6.45) is 3.81. The molecular weight excluding hydrogens is 565 g/mol. The first-order chi connectivity index (χ1) is 19.5. The summed E-state index contributed by atoms with van der Waals surface area (Å²) in [6.45, 7) is 4.58. The average Bonchev–Trinajstić information content (AvgIpc) is 3.46. The van der Waals surface area contributed by atoms with Gasteiger partial charge in [0.25, 0.3) is 10.0 Å². The number of hydrogen-bond acceptors (Lipinski definition) is 4. The maximum Gasteiger partial charge on any atom is 0.264 e. The molecule has 0 unspecified atom stereocenters. The van der Waals surface area contributed by atoms with Gasteiger partial charge in [0.15, 0.2) is 0 Å². The molecule has 3 aromatic rings. The number of nitrogens with zero attached hydrogens (tertiary/aromatic N) is 2. The molecule has 10 heteroatoms. The van der Waals surface area contributed by atoms with Crippen LogP contribution in [0.15, 0.2) is 71.6 Å². The number of carbonyl (C=O) groups excluding carboxylic acids is 2. The van der Waals surface area contributed by atoms with Gasteiger partial charge in [-0.15, -0.1) is 0 Å². The van der Waals surface area contributed by atoms with Crippen molar-refractivity contribution in [2.24, 2.45) is 0 Å². The Bertz CT molecular complexity index is 1490. The summed E-state index contributed by atoms with van der Waals surface area (Å²) in [4.78, 5) is 28.7. The average molecular weight is 600 g/mol. The molecule has 0 aromatic heterocycles. The maximum atomic E-state index is 14.0. The minimum Gasteiger partial charge on any atom is -0.352 e. The standard InChI is InChI=1S/C31H35ClFN3O4S/c1-21-11-17-27(18-12-21)41(39,40)36(29-10-6-9-28(32)22(29)2)20-30(37)35(19-24-13-15-25(33)16-14-24)23(3)31(38)34-26-7-4-5-8-26/h6,9-18,23,26H,4-5,7-8,19-20H2,1-3H3,(H,34,38)/t23-/m0/s1. The van der Waals surface area contributed by atoms with Crippen molar-refractivity contribution in [3.8, 4) is 0 Å². The molecule has 1 N–H and O–H groups in total. The molecule has 0 spiro atoms. The highest BCUT2D eigenvalue weighted by atomic mass is 35.5. The zero-order valence-corrected chi connectivity index (χ0v) is 25.0. The smallest absolute Gasteiger partial charge is 0.264 e. The zero-order valence-electron chi connectivity index (χ0n) is 23.4. The van der Waals surface area contributed by atoms with Gasteiger partial charge < -0.3 is 10.2 Å². The van der Waals surface area contributed by atoms with Crippen LogP contribution in [0, 0.1) is 19.7 Å². The predicted molar refractivity (Wildman–Crippen MR) is 159 cm³/mol. The number of halogens is 2. The Balaban J connectivity index is 1.71. The minimum atomic E-state index is -4.20. The Morgan fingerprint density at radius 3 is 2.27 bits per heavy atom. The summed E-state index contributed by atoms with van der Waals surface area (Å²) < 4.78 is 42.6. The molecule has 1 aliphatic rings. The van der Waals surface area contributed by atoms with Gasteiger partial charge in [0.2, 0.25) is 11.8 Å². The molecule has 0 heterocycles. The van der Waals surface area contributed by atoms with Crippen molar-refractivity contribution in [1.29, 1.82) is 0 Å². The predicted octanol–water partition coefficient (Wildman–Crippen LogP) is 5.77. The number of hydrogen-bond donors (Lipinski definition) is 1. The number of rotatable bonds is 10. The van der Waals surface area contributed by atoms with Gasteiger partial charge in [0, 0.05) is 17.6 Å². The first kappa shape index (κ1) is 30.5. The summed E-state index contributed by atoms with van der Waals surface area (Å²) >= 11 is 6.37. The fourth-order valence-electron chi connectivity index (χ4n) is 4.98. The van der Waals surface area contributed by atoms with E-state index >= 15 is 0 Å². The molecular formula is C31H35ClFN3O4S. The second-order valence-corrected chi connectivity index (χ2v) is 12.8. The van der Waals surface area contributed by atoms with Crippen molar-refractivity contribution >= 4 is 39.1 Å². The molecule has 0 saturated heterocycles. The Labute approximate surface area is 246 Å². The third-order valence-electron chi connectivity index (χ3n) is 7.53. The summed E-state index contributed by atoms with van der Waals surface area (Å²) in [6, 6.07) is 16.0. The van der Waals surface area contributed by atoms with E-state index in [-0.39, 0.29) is 29.1 Å². The van der Waals surface area contributed by atoms with Gasteiger partial charge in [0.1, 0.15) is 18.4 Å². The van der Waals surface area contributed by atoms with Gasteiger partial charge in [0.05, 0.1) is 10.6 Å². The van der Waals surface area contributed by atoms with Gasteiger partial charge >= 0.3 is 0 Å². The van der Waals surface area contributed by atoms with Crippen LogP contribution in [0.5, 0.6) is 0 Å². The van der Waals surface area contributed by atoms with Crippen LogP contribution in [0.3, 0.4) is 0 Å². The first-order valence-corrected chi connectivity index (χ1v) is 15.5. The maximum absolute atomic E-state index is 14.0. The van der Waals surface area contributed by atoms with E-state index in [2.05, 4.69) is 5.32 Å². The monoisotopic (exact) mass is 599 g/mol. The van der Waals surface area contributed by atoms with E-state index in [4.69, 9.17) is 11.6 Å². The molecule has 1 fully saturated rings. The summed E-state index contributed by atoms with van der Waals surface area (Å²) in [5.41, 5.74) is 2.25. The van der Waals surface area contributed by atoms with Crippen LogP contribution in [0.1, 0.15) is 49.3 Å². The Morgan fingerprint density at radius 1 is 1.00 bits per heavy atom. The highest BCUT2D eigenvalue weighted by Gasteiger charge is 2.34. The molecule has 41 heavy (non-hydrogen) atoms. The number of benzene rings is 3.